The van der Waals surface area contributed by atoms with Crippen molar-refractivity contribution in [2.45, 2.75) is 6.67 Å². The lowest BCUT2D eigenvalue weighted by atomic mass is 10.3. The Bertz CT molecular complexity index is 472. The Balaban J connectivity index is 2.67. The maximum atomic E-state index is 11.7. The molecule has 1 aromatic heterocycles. The van der Waals surface area contributed by atoms with E-state index >= 15 is 0 Å². The van der Waals surface area contributed by atoms with Crippen LogP contribution in [0.1, 0.15) is 0 Å². The number of fused-ring (bicyclic) bond motifs is 1. The number of hydrogen-bond donors (Lipinski definition) is 1. The Hall–Kier alpha value is -1.13. The smallest absolute Gasteiger partial charge is 0.269 e. The van der Waals surface area contributed by atoms with Gasteiger partial charge >= 0.3 is 0 Å². The third-order valence-electron chi connectivity index (χ3n) is 1.85. The maximum absolute atomic E-state index is 11.7. The molecule has 0 aliphatic carbocycles. The molecule has 0 unspecified atom stereocenters. The first-order valence-electron chi connectivity index (χ1n) is 4.06. The summed E-state index contributed by atoms with van der Waals surface area (Å²) < 4.78 is 2.76. The number of hydrogen-bond acceptors (Lipinski definition) is 3. The highest BCUT2D eigenvalue weighted by atomic mass is 32.1. The van der Waals surface area contributed by atoms with E-state index in [0.717, 1.165) is 10.1 Å². The van der Waals surface area contributed by atoms with Gasteiger partial charge in [0.1, 0.15) is 0 Å². The summed E-state index contributed by atoms with van der Waals surface area (Å²) in [6.45, 7) is 0.582. The molecule has 0 saturated carbocycles. The first-order valence-corrected chi connectivity index (χ1v) is 4.83. The van der Waals surface area contributed by atoms with E-state index in [2.05, 4.69) is 5.32 Å². The van der Waals surface area contributed by atoms with Crippen molar-refractivity contribution in [3.63, 3.8) is 0 Å². The van der Waals surface area contributed by atoms with Gasteiger partial charge in [-0.1, -0.05) is 23.7 Å². The summed E-state index contributed by atoms with van der Waals surface area (Å²) in [5, 5.41) is 3.77. The molecule has 4 heteroatoms. The molecule has 0 aliphatic rings. The van der Waals surface area contributed by atoms with Gasteiger partial charge in [0.2, 0.25) is 0 Å². The fourth-order valence-corrected chi connectivity index (χ4v) is 2.27. The number of benzene rings is 1. The molecule has 0 radical (unpaired) electrons. The van der Waals surface area contributed by atoms with Crippen LogP contribution >= 0.6 is 11.5 Å². The summed E-state index contributed by atoms with van der Waals surface area (Å²) in [6, 6.07) is 7.66. The first kappa shape index (κ1) is 8.47. The lowest BCUT2D eigenvalue weighted by Crippen LogP contribution is -2.20. The van der Waals surface area contributed by atoms with Gasteiger partial charge in [0.05, 0.1) is 16.8 Å². The van der Waals surface area contributed by atoms with Crippen LogP contribution in [-0.2, 0) is 6.67 Å². The number of nitrogens with one attached hydrogen (secondary N) is 1. The van der Waals surface area contributed by atoms with E-state index < -0.39 is 0 Å². The van der Waals surface area contributed by atoms with Crippen molar-refractivity contribution < 1.29 is 0 Å². The first-order chi connectivity index (χ1) is 6.33. The quantitative estimate of drug-likeness (QED) is 0.780. The van der Waals surface area contributed by atoms with Crippen LogP contribution in [0.25, 0.3) is 10.1 Å². The SMILES string of the molecule is CNCn1sc2ccccc2c1=O. The van der Waals surface area contributed by atoms with Gasteiger partial charge in [-0.15, -0.1) is 0 Å². The van der Waals surface area contributed by atoms with Crippen LogP contribution in [0, 0.1) is 0 Å². The van der Waals surface area contributed by atoms with Gasteiger partial charge in [-0.3, -0.25) is 4.79 Å². The second-order valence-electron chi connectivity index (χ2n) is 2.78. The zero-order chi connectivity index (χ0) is 9.26. The summed E-state index contributed by atoms with van der Waals surface area (Å²) in [5.74, 6) is 0. The molecule has 3 nitrogen and oxygen atoms in total. The molecule has 0 fully saturated rings. The van der Waals surface area contributed by atoms with Crippen molar-refractivity contribution in [2.75, 3.05) is 7.05 Å². The van der Waals surface area contributed by atoms with Gasteiger partial charge in [0.15, 0.2) is 0 Å². The second kappa shape index (κ2) is 3.32. The topological polar surface area (TPSA) is 34.0 Å². The fraction of sp³-hybridized carbons (Fsp3) is 0.222. The Morgan fingerprint density at radius 2 is 2.23 bits per heavy atom. The van der Waals surface area contributed by atoms with Gasteiger partial charge in [-0.25, -0.2) is 3.96 Å². The van der Waals surface area contributed by atoms with Crippen molar-refractivity contribution in [3.8, 4) is 0 Å². The molecule has 2 rings (SSSR count). The molecule has 0 amide bonds. The number of nitrogens with zero attached hydrogens (tertiary/aromatic N) is 1. The van der Waals surface area contributed by atoms with Gasteiger partial charge in [-0.2, -0.15) is 0 Å². The molecule has 0 aliphatic heterocycles. The lowest BCUT2D eigenvalue weighted by Gasteiger charge is -1.94. The normalized spacial score (nSPS) is 10.8. The van der Waals surface area contributed by atoms with Crippen molar-refractivity contribution in [1.82, 2.24) is 9.27 Å². The van der Waals surface area contributed by atoms with Gasteiger partial charge in [0.25, 0.3) is 5.56 Å². The highest BCUT2D eigenvalue weighted by Crippen LogP contribution is 2.14. The van der Waals surface area contributed by atoms with E-state index in [4.69, 9.17) is 0 Å². The molecular formula is C9H10N2OS. The summed E-state index contributed by atoms with van der Waals surface area (Å²) in [7, 11) is 1.83. The standard InChI is InChI=1S/C9H10N2OS/c1-10-6-11-9(12)7-4-2-3-5-8(7)13-11/h2-5,10H,6H2,1H3. The van der Waals surface area contributed by atoms with Gasteiger partial charge in [0, 0.05) is 0 Å². The minimum Gasteiger partial charge on any atom is -0.302 e. The van der Waals surface area contributed by atoms with E-state index in [-0.39, 0.29) is 5.56 Å². The average molecular weight is 194 g/mol. The molecule has 0 spiro atoms. The van der Waals surface area contributed by atoms with Crippen LogP contribution in [0.3, 0.4) is 0 Å². The summed E-state index contributed by atoms with van der Waals surface area (Å²) in [6.07, 6.45) is 0. The summed E-state index contributed by atoms with van der Waals surface area (Å²) in [4.78, 5) is 11.7. The maximum Gasteiger partial charge on any atom is 0.269 e. The molecule has 1 heterocycles. The van der Waals surface area contributed by atoms with Crippen LogP contribution in [0.2, 0.25) is 0 Å². The molecular weight excluding hydrogens is 184 g/mol. The van der Waals surface area contributed by atoms with Crippen molar-refractivity contribution in [1.29, 1.82) is 0 Å². The minimum absolute atomic E-state index is 0.0925. The van der Waals surface area contributed by atoms with Crippen LogP contribution in [0.4, 0.5) is 0 Å². The minimum atomic E-state index is 0.0925. The number of aromatic nitrogens is 1. The van der Waals surface area contributed by atoms with Crippen molar-refractivity contribution >= 4 is 21.6 Å². The van der Waals surface area contributed by atoms with Crippen LogP contribution in [-0.4, -0.2) is 11.0 Å². The average Bonchev–Trinajstić information content (AvgIpc) is 2.46. The highest BCUT2D eigenvalue weighted by Gasteiger charge is 2.04. The summed E-state index contributed by atoms with van der Waals surface area (Å²) in [5.41, 5.74) is 0.0925. The molecule has 0 atom stereocenters. The van der Waals surface area contributed by atoms with E-state index in [1.54, 1.807) is 3.96 Å². The Labute approximate surface area is 79.8 Å². The van der Waals surface area contributed by atoms with Crippen LogP contribution in [0.5, 0.6) is 0 Å². The van der Waals surface area contributed by atoms with E-state index in [9.17, 15) is 4.79 Å². The molecule has 0 saturated heterocycles. The third kappa shape index (κ3) is 1.38. The summed E-state index contributed by atoms with van der Waals surface area (Å²) >= 11 is 1.49. The predicted octanol–water partition coefficient (Wildman–Crippen LogP) is 1.24. The Morgan fingerprint density at radius 1 is 1.46 bits per heavy atom. The van der Waals surface area contributed by atoms with E-state index in [1.165, 1.54) is 11.5 Å². The lowest BCUT2D eigenvalue weighted by molar-refractivity contribution is 0.648. The number of rotatable bonds is 2. The van der Waals surface area contributed by atoms with E-state index in [0.29, 0.717) is 6.67 Å². The molecule has 1 aromatic carbocycles. The van der Waals surface area contributed by atoms with E-state index in [1.807, 2.05) is 31.3 Å². The highest BCUT2D eigenvalue weighted by molar-refractivity contribution is 7.13. The third-order valence-corrected chi connectivity index (χ3v) is 2.92. The Kier molecular flexibility index (Phi) is 2.16. The zero-order valence-corrected chi connectivity index (χ0v) is 8.10. The van der Waals surface area contributed by atoms with Gasteiger partial charge < -0.3 is 5.32 Å². The zero-order valence-electron chi connectivity index (χ0n) is 7.28. The molecule has 0 bridgehead atoms. The predicted molar refractivity (Wildman–Crippen MR) is 55.1 cm³/mol. The van der Waals surface area contributed by atoms with Crippen LogP contribution < -0.4 is 10.9 Å². The van der Waals surface area contributed by atoms with Crippen LogP contribution in [0.15, 0.2) is 29.1 Å². The molecule has 13 heavy (non-hydrogen) atoms. The van der Waals surface area contributed by atoms with Crippen molar-refractivity contribution in [3.05, 3.63) is 34.6 Å². The largest absolute Gasteiger partial charge is 0.302 e. The second-order valence-corrected chi connectivity index (χ2v) is 3.85. The monoisotopic (exact) mass is 194 g/mol. The molecule has 68 valence electrons. The van der Waals surface area contributed by atoms with Gasteiger partial charge in [-0.05, 0) is 19.2 Å². The van der Waals surface area contributed by atoms with Crippen molar-refractivity contribution in [2.24, 2.45) is 0 Å². The molecule has 1 N–H and O–H groups in total. The molecule has 2 aromatic rings. The Morgan fingerprint density at radius 3 is 2.92 bits per heavy atom. The fourth-order valence-electron chi connectivity index (χ4n) is 1.27.